The van der Waals surface area contributed by atoms with Crippen LogP contribution < -0.4 is 10.6 Å². The third-order valence-electron chi connectivity index (χ3n) is 6.57. The number of aromatic nitrogens is 1. The van der Waals surface area contributed by atoms with Crippen LogP contribution in [0.4, 0.5) is 5.69 Å². The predicted octanol–water partition coefficient (Wildman–Crippen LogP) is 6.61. The molecule has 1 fully saturated rings. The van der Waals surface area contributed by atoms with E-state index in [-0.39, 0.29) is 24.4 Å². The number of carbonyl (C=O) groups excluding carboxylic acids is 1. The zero-order valence-electron chi connectivity index (χ0n) is 20.6. The number of thiocarbonyl (C=S) groups is 1. The Labute approximate surface area is 226 Å². The number of hydrogen-bond donors (Lipinski definition) is 2. The maximum atomic E-state index is 12.8. The largest absolute Gasteiger partial charge is 0.459 e. The molecule has 2 atom stereocenters. The molecule has 3 heterocycles. The van der Waals surface area contributed by atoms with Gasteiger partial charge < -0.3 is 20.0 Å². The molecule has 37 heavy (non-hydrogen) atoms. The highest BCUT2D eigenvalue weighted by molar-refractivity contribution is 7.80. The van der Waals surface area contributed by atoms with Gasteiger partial charge in [-0.05, 0) is 73.6 Å². The van der Waals surface area contributed by atoms with E-state index in [0.29, 0.717) is 22.4 Å². The van der Waals surface area contributed by atoms with Crippen molar-refractivity contribution < 1.29 is 9.21 Å². The number of hydrogen-bond acceptors (Lipinski definition) is 4. The van der Waals surface area contributed by atoms with Gasteiger partial charge in [-0.1, -0.05) is 48.0 Å². The summed E-state index contributed by atoms with van der Waals surface area (Å²) < 4.78 is 6.37. The van der Waals surface area contributed by atoms with Crippen molar-refractivity contribution in [2.45, 2.75) is 32.4 Å². The van der Waals surface area contributed by atoms with Crippen molar-refractivity contribution in [1.82, 2.24) is 15.2 Å². The number of para-hydroxylation sites is 1. The number of halogens is 1. The van der Waals surface area contributed by atoms with E-state index in [2.05, 4.69) is 15.6 Å². The Bertz CT molecular complexity index is 1440. The highest BCUT2D eigenvalue weighted by Gasteiger charge is 2.41. The lowest BCUT2D eigenvalue weighted by Crippen LogP contribution is -2.32. The Morgan fingerprint density at radius 1 is 1.08 bits per heavy atom. The standard InChI is InChI=1S/C29H27ClN4O2S/c1-18-10-11-20(17-21(18)30)24-12-13-25(36-24)28-27(23-9-5-6-15-31-23)33-29(37)34(28)16-14-26(35)32-22-8-4-3-7-19(22)2/h3-13,15,17,27-28H,14,16H2,1-2H3,(H,32,35)(H,33,37)/t27-,28-/m1/s1. The summed E-state index contributed by atoms with van der Waals surface area (Å²) in [6.07, 6.45) is 2.03. The number of anilines is 1. The zero-order chi connectivity index (χ0) is 25.9. The molecule has 8 heteroatoms. The molecule has 0 radical (unpaired) electrons. The van der Waals surface area contributed by atoms with E-state index in [0.717, 1.165) is 33.8 Å². The molecule has 0 spiro atoms. The third kappa shape index (κ3) is 5.38. The monoisotopic (exact) mass is 530 g/mol. The summed E-state index contributed by atoms with van der Waals surface area (Å²) in [5.74, 6) is 1.37. The molecule has 0 unspecified atom stereocenters. The van der Waals surface area contributed by atoms with Crippen LogP contribution in [0.1, 0.15) is 41.1 Å². The normalized spacial score (nSPS) is 17.1. The van der Waals surface area contributed by atoms with Crippen LogP contribution in [0.15, 0.2) is 83.4 Å². The molecule has 188 valence electrons. The van der Waals surface area contributed by atoms with E-state index < -0.39 is 0 Å². The summed E-state index contributed by atoms with van der Waals surface area (Å²) in [7, 11) is 0. The number of aryl methyl sites for hydroxylation is 2. The minimum Gasteiger partial charge on any atom is -0.459 e. The second-order valence-electron chi connectivity index (χ2n) is 9.10. The van der Waals surface area contributed by atoms with Crippen molar-refractivity contribution in [2.24, 2.45) is 0 Å². The molecule has 1 aliphatic heterocycles. The number of furan rings is 1. The smallest absolute Gasteiger partial charge is 0.226 e. The molecular weight excluding hydrogens is 504 g/mol. The fourth-order valence-electron chi connectivity index (χ4n) is 4.52. The molecule has 6 nitrogen and oxygen atoms in total. The maximum absolute atomic E-state index is 12.8. The SMILES string of the molecule is Cc1ccc(-c2ccc([C@@H]3[C@@H](c4ccccn4)NC(=S)N3CCC(=O)Nc3ccccc3C)o2)cc1Cl. The van der Waals surface area contributed by atoms with Crippen LogP contribution in [0.5, 0.6) is 0 Å². The molecule has 1 aliphatic rings. The first-order chi connectivity index (χ1) is 17.9. The lowest BCUT2D eigenvalue weighted by Gasteiger charge is -2.26. The molecule has 0 bridgehead atoms. The van der Waals surface area contributed by atoms with Crippen molar-refractivity contribution >= 4 is 40.5 Å². The highest BCUT2D eigenvalue weighted by atomic mass is 35.5. The van der Waals surface area contributed by atoms with E-state index in [1.165, 1.54) is 0 Å². The van der Waals surface area contributed by atoms with Crippen LogP contribution in [0.2, 0.25) is 5.02 Å². The molecule has 2 aromatic heterocycles. The molecule has 4 aromatic rings. The second kappa shape index (κ2) is 10.7. The van der Waals surface area contributed by atoms with Gasteiger partial charge in [-0.25, -0.2) is 0 Å². The predicted molar refractivity (Wildman–Crippen MR) is 150 cm³/mol. The van der Waals surface area contributed by atoms with Crippen molar-refractivity contribution in [1.29, 1.82) is 0 Å². The molecule has 2 N–H and O–H groups in total. The average molecular weight is 531 g/mol. The summed E-state index contributed by atoms with van der Waals surface area (Å²) in [6, 6.07) is 22.8. The zero-order valence-corrected chi connectivity index (χ0v) is 22.1. The van der Waals surface area contributed by atoms with Gasteiger partial charge in [0.15, 0.2) is 5.11 Å². The Kier molecular flexibility index (Phi) is 7.26. The Morgan fingerprint density at radius 3 is 2.65 bits per heavy atom. The average Bonchev–Trinajstić information content (AvgIpc) is 3.51. The molecule has 0 aliphatic carbocycles. The van der Waals surface area contributed by atoms with Gasteiger partial charge in [0.2, 0.25) is 5.91 Å². The number of amides is 1. The summed E-state index contributed by atoms with van der Waals surface area (Å²) in [5.41, 5.74) is 4.58. The summed E-state index contributed by atoms with van der Waals surface area (Å²) in [4.78, 5) is 19.4. The van der Waals surface area contributed by atoms with Gasteiger partial charge in [0, 0.05) is 35.4 Å². The number of pyridine rings is 1. The lowest BCUT2D eigenvalue weighted by atomic mass is 10.0. The topological polar surface area (TPSA) is 70.4 Å². The number of carbonyl (C=O) groups is 1. The van der Waals surface area contributed by atoms with E-state index in [1.54, 1.807) is 6.20 Å². The van der Waals surface area contributed by atoms with E-state index in [1.807, 2.05) is 91.5 Å². The second-order valence-corrected chi connectivity index (χ2v) is 9.89. The van der Waals surface area contributed by atoms with Gasteiger partial charge in [-0.2, -0.15) is 0 Å². The van der Waals surface area contributed by atoms with Crippen molar-refractivity contribution in [3.63, 3.8) is 0 Å². The van der Waals surface area contributed by atoms with Gasteiger partial charge in [0.05, 0.1) is 11.7 Å². The minimum absolute atomic E-state index is 0.0773. The fraction of sp³-hybridized carbons (Fsp3) is 0.207. The van der Waals surface area contributed by atoms with Gasteiger partial charge >= 0.3 is 0 Å². The van der Waals surface area contributed by atoms with Crippen LogP contribution in [0.3, 0.4) is 0 Å². The first-order valence-electron chi connectivity index (χ1n) is 12.1. The van der Waals surface area contributed by atoms with Crippen molar-refractivity contribution in [3.05, 3.63) is 107 Å². The van der Waals surface area contributed by atoms with Gasteiger partial charge in [-0.3, -0.25) is 9.78 Å². The quantitative estimate of drug-likeness (QED) is 0.262. The first-order valence-corrected chi connectivity index (χ1v) is 12.9. The van der Waals surface area contributed by atoms with Crippen LogP contribution in [0.25, 0.3) is 11.3 Å². The van der Waals surface area contributed by atoms with Gasteiger partial charge in [0.1, 0.15) is 17.6 Å². The molecule has 5 rings (SSSR count). The maximum Gasteiger partial charge on any atom is 0.226 e. The lowest BCUT2D eigenvalue weighted by molar-refractivity contribution is -0.116. The fourth-order valence-corrected chi connectivity index (χ4v) is 5.03. The first kappa shape index (κ1) is 25.0. The Morgan fingerprint density at radius 2 is 1.89 bits per heavy atom. The summed E-state index contributed by atoms with van der Waals surface area (Å²) in [6.45, 7) is 4.36. The van der Waals surface area contributed by atoms with E-state index in [9.17, 15) is 4.79 Å². The van der Waals surface area contributed by atoms with Gasteiger partial charge in [0.25, 0.3) is 0 Å². The Hall–Kier alpha value is -3.68. The van der Waals surface area contributed by atoms with E-state index in [4.69, 9.17) is 28.2 Å². The van der Waals surface area contributed by atoms with Crippen LogP contribution >= 0.6 is 23.8 Å². The van der Waals surface area contributed by atoms with Crippen molar-refractivity contribution in [2.75, 3.05) is 11.9 Å². The van der Waals surface area contributed by atoms with E-state index >= 15 is 0 Å². The third-order valence-corrected chi connectivity index (χ3v) is 7.33. The summed E-state index contributed by atoms with van der Waals surface area (Å²) >= 11 is 12.1. The number of nitrogens with one attached hydrogen (secondary N) is 2. The molecule has 2 aromatic carbocycles. The molecule has 0 saturated carbocycles. The van der Waals surface area contributed by atoms with Crippen LogP contribution in [-0.2, 0) is 4.79 Å². The minimum atomic E-state index is -0.275. The van der Waals surface area contributed by atoms with Gasteiger partial charge in [-0.15, -0.1) is 0 Å². The molecule has 1 amide bonds. The molecule has 1 saturated heterocycles. The molecular formula is C29H27ClN4O2S. The Balaban J connectivity index is 1.41. The van der Waals surface area contributed by atoms with Crippen LogP contribution in [-0.4, -0.2) is 27.4 Å². The number of rotatable bonds is 7. The summed E-state index contributed by atoms with van der Waals surface area (Å²) in [5, 5.41) is 7.65. The van der Waals surface area contributed by atoms with Crippen LogP contribution in [0, 0.1) is 13.8 Å². The van der Waals surface area contributed by atoms with Crippen molar-refractivity contribution in [3.8, 4) is 11.3 Å². The number of benzene rings is 2. The number of nitrogens with zero attached hydrogens (tertiary/aromatic N) is 2. The highest BCUT2D eigenvalue weighted by Crippen LogP contribution is 2.40.